The predicted molar refractivity (Wildman–Crippen MR) is 81.5 cm³/mol. The number of unbranched alkanes of at least 4 members (excludes halogenated alkanes) is 2. The van der Waals surface area contributed by atoms with Gasteiger partial charge in [-0.25, -0.2) is 9.97 Å². The molecule has 0 radical (unpaired) electrons. The number of rotatable bonds is 9. The summed E-state index contributed by atoms with van der Waals surface area (Å²) >= 11 is 0. The molecular formula is C14H27N5. The summed E-state index contributed by atoms with van der Waals surface area (Å²) in [7, 11) is 0. The molecular weight excluding hydrogens is 238 g/mol. The highest BCUT2D eigenvalue weighted by Gasteiger charge is 2.03. The summed E-state index contributed by atoms with van der Waals surface area (Å²) in [5.74, 6) is 2.98. The number of aryl methyl sites for hydroxylation is 1. The molecule has 1 atom stereocenters. The summed E-state index contributed by atoms with van der Waals surface area (Å²) in [4.78, 5) is 8.77. The van der Waals surface area contributed by atoms with Crippen molar-refractivity contribution in [2.75, 3.05) is 30.3 Å². The Hall–Kier alpha value is -1.36. The van der Waals surface area contributed by atoms with Gasteiger partial charge in [-0.05, 0) is 25.8 Å². The zero-order chi connectivity index (χ0) is 14.1. The van der Waals surface area contributed by atoms with Gasteiger partial charge in [-0.15, -0.1) is 0 Å². The number of nitrogens with zero attached hydrogens (tertiary/aromatic N) is 2. The molecule has 1 aromatic rings. The molecule has 0 aliphatic heterocycles. The largest absolute Gasteiger partial charge is 0.370 e. The average Bonchev–Trinajstić information content (AvgIpc) is 2.40. The van der Waals surface area contributed by atoms with E-state index in [0.717, 1.165) is 30.5 Å². The van der Waals surface area contributed by atoms with Crippen molar-refractivity contribution >= 4 is 11.6 Å². The fourth-order valence-corrected chi connectivity index (χ4v) is 1.70. The second-order valence-electron chi connectivity index (χ2n) is 5.04. The average molecular weight is 265 g/mol. The molecule has 5 heteroatoms. The number of anilines is 2. The van der Waals surface area contributed by atoms with Crippen molar-refractivity contribution in [1.29, 1.82) is 0 Å². The highest BCUT2D eigenvalue weighted by atomic mass is 15.1. The van der Waals surface area contributed by atoms with Gasteiger partial charge in [0.25, 0.3) is 0 Å². The molecule has 0 saturated heterocycles. The summed E-state index contributed by atoms with van der Waals surface area (Å²) in [6.07, 6.45) is 3.65. The van der Waals surface area contributed by atoms with Crippen LogP contribution in [0.5, 0.6) is 0 Å². The summed E-state index contributed by atoms with van der Waals surface area (Å²) in [6.45, 7) is 8.71. The normalized spacial score (nSPS) is 12.2. The van der Waals surface area contributed by atoms with Crippen LogP contribution in [0.3, 0.4) is 0 Å². The lowest BCUT2D eigenvalue weighted by Gasteiger charge is -2.12. The number of aromatic nitrogens is 2. The van der Waals surface area contributed by atoms with Crippen molar-refractivity contribution in [1.82, 2.24) is 9.97 Å². The highest BCUT2D eigenvalue weighted by molar-refractivity contribution is 5.47. The van der Waals surface area contributed by atoms with Gasteiger partial charge in [0.2, 0.25) is 0 Å². The molecule has 19 heavy (non-hydrogen) atoms. The molecule has 1 rings (SSSR count). The van der Waals surface area contributed by atoms with E-state index in [1.54, 1.807) is 0 Å². The Balaban J connectivity index is 2.51. The van der Waals surface area contributed by atoms with Crippen LogP contribution in [0.1, 0.15) is 38.9 Å². The molecule has 108 valence electrons. The first kappa shape index (κ1) is 15.7. The zero-order valence-electron chi connectivity index (χ0n) is 12.4. The molecule has 0 saturated carbocycles. The van der Waals surface area contributed by atoms with E-state index in [1.165, 1.54) is 19.3 Å². The zero-order valence-corrected chi connectivity index (χ0v) is 12.4. The van der Waals surface area contributed by atoms with Gasteiger partial charge in [-0.1, -0.05) is 26.7 Å². The third-order valence-electron chi connectivity index (χ3n) is 2.96. The second kappa shape index (κ2) is 8.69. The summed E-state index contributed by atoms with van der Waals surface area (Å²) in [6, 6.07) is 1.96. The fourth-order valence-electron chi connectivity index (χ4n) is 1.70. The van der Waals surface area contributed by atoms with E-state index in [0.29, 0.717) is 12.5 Å². The van der Waals surface area contributed by atoms with Crippen LogP contribution in [0.25, 0.3) is 0 Å². The first-order valence-electron chi connectivity index (χ1n) is 7.19. The minimum Gasteiger partial charge on any atom is -0.370 e. The third kappa shape index (κ3) is 6.38. The molecule has 4 N–H and O–H groups in total. The maximum Gasteiger partial charge on any atom is 0.131 e. The van der Waals surface area contributed by atoms with E-state index >= 15 is 0 Å². The summed E-state index contributed by atoms with van der Waals surface area (Å²) in [5.41, 5.74) is 5.61. The molecule has 0 aliphatic carbocycles. The Kier molecular flexibility index (Phi) is 7.18. The van der Waals surface area contributed by atoms with E-state index in [4.69, 9.17) is 5.73 Å². The van der Waals surface area contributed by atoms with Crippen LogP contribution in [0.15, 0.2) is 6.07 Å². The number of nitrogens with two attached hydrogens (primary N) is 1. The smallest absolute Gasteiger partial charge is 0.131 e. The number of hydrogen-bond acceptors (Lipinski definition) is 5. The van der Waals surface area contributed by atoms with Gasteiger partial charge in [0, 0.05) is 19.2 Å². The van der Waals surface area contributed by atoms with Crippen LogP contribution in [0.2, 0.25) is 0 Å². The molecule has 0 spiro atoms. The summed E-state index contributed by atoms with van der Waals surface area (Å²) in [5, 5.41) is 6.65. The van der Waals surface area contributed by atoms with Crippen LogP contribution in [0.4, 0.5) is 11.6 Å². The van der Waals surface area contributed by atoms with Crippen molar-refractivity contribution in [2.45, 2.75) is 40.0 Å². The minimum atomic E-state index is 0.441. The number of nitrogens with one attached hydrogen (secondary N) is 2. The molecule has 5 nitrogen and oxygen atoms in total. The Morgan fingerprint density at radius 3 is 2.53 bits per heavy atom. The van der Waals surface area contributed by atoms with E-state index in [2.05, 4.69) is 34.4 Å². The SMILES string of the molecule is CCCCCNc1cc(NCC(C)CN)nc(C)n1. The lowest BCUT2D eigenvalue weighted by atomic mass is 10.2. The van der Waals surface area contributed by atoms with Crippen molar-refractivity contribution in [3.05, 3.63) is 11.9 Å². The van der Waals surface area contributed by atoms with E-state index in [-0.39, 0.29) is 0 Å². The van der Waals surface area contributed by atoms with Gasteiger partial charge in [-0.3, -0.25) is 0 Å². The molecule has 0 fully saturated rings. The van der Waals surface area contributed by atoms with Crippen molar-refractivity contribution in [3.8, 4) is 0 Å². The van der Waals surface area contributed by atoms with Crippen LogP contribution >= 0.6 is 0 Å². The quantitative estimate of drug-likeness (QED) is 0.598. The van der Waals surface area contributed by atoms with E-state index < -0.39 is 0 Å². The van der Waals surface area contributed by atoms with Crippen molar-refractivity contribution < 1.29 is 0 Å². The lowest BCUT2D eigenvalue weighted by Crippen LogP contribution is -2.20. The Morgan fingerprint density at radius 2 is 1.89 bits per heavy atom. The van der Waals surface area contributed by atoms with Crippen molar-refractivity contribution in [2.24, 2.45) is 11.7 Å². The highest BCUT2D eigenvalue weighted by Crippen LogP contribution is 2.12. The molecule has 1 heterocycles. The maximum atomic E-state index is 5.61. The van der Waals surface area contributed by atoms with Crippen LogP contribution in [-0.2, 0) is 0 Å². The third-order valence-corrected chi connectivity index (χ3v) is 2.96. The van der Waals surface area contributed by atoms with E-state index in [9.17, 15) is 0 Å². The second-order valence-corrected chi connectivity index (χ2v) is 5.04. The van der Waals surface area contributed by atoms with Gasteiger partial charge >= 0.3 is 0 Å². The molecule has 1 aromatic heterocycles. The molecule has 0 amide bonds. The molecule has 0 bridgehead atoms. The topological polar surface area (TPSA) is 75.9 Å². The molecule has 1 unspecified atom stereocenters. The first-order valence-corrected chi connectivity index (χ1v) is 7.19. The Labute approximate surface area is 116 Å². The van der Waals surface area contributed by atoms with Crippen LogP contribution in [-0.4, -0.2) is 29.6 Å². The Morgan fingerprint density at radius 1 is 1.21 bits per heavy atom. The maximum absolute atomic E-state index is 5.61. The van der Waals surface area contributed by atoms with Gasteiger partial charge in [0.1, 0.15) is 17.5 Å². The van der Waals surface area contributed by atoms with Gasteiger partial charge < -0.3 is 16.4 Å². The fraction of sp³-hybridized carbons (Fsp3) is 0.714. The minimum absolute atomic E-state index is 0.441. The van der Waals surface area contributed by atoms with Gasteiger partial charge in [-0.2, -0.15) is 0 Å². The first-order chi connectivity index (χ1) is 9.15. The summed E-state index contributed by atoms with van der Waals surface area (Å²) < 4.78 is 0. The van der Waals surface area contributed by atoms with Gasteiger partial charge in [0.05, 0.1) is 0 Å². The van der Waals surface area contributed by atoms with Crippen LogP contribution < -0.4 is 16.4 Å². The van der Waals surface area contributed by atoms with E-state index in [1.807, 2.05) is 13.0 Å². The predicted octanol–water partition coefficient (Wildman–Crippen LogP) is 2.39. The van der Waals surface area contributed by atoms with Crippen molar-refractivity contribution in [3.63, 3.8) is 0 Å². The molecule has 0 aliphatic rings. The lowest BCUT2D eigenvalue weighted by molar-refractivity contribution is 0.626. The molecule has 0 aromatic carbocycles. The number of hydrogen-bond donors (Lipinski definition) is 3. The van der Waals surface area contributed by atoms with Gasteiger partial charge in [0.15, 0.2) is 0 Å². The van der Waals surface area contributed by atoms with Crippen LogP contribution in [0, 0.1) is 12.8 Å². The monoisotopic (exact) mass is 265 g/mol. The standard InChI is InChI=1S/C14H27N5/c1-4-5-6-7-16-13-8-14(19-12(3)18-13)17-10-11(2)9-15/h8,11H,4-7,9-10,15H2,1-3H3,(H2,16,17,18,19). The Bertz CT molecular complexity index is 367.